The molecule has 3 aromatic rings. The second kappa shape index (κ2) is 8.65. The maximum atomic E-state index is 12.8. The first-order valence-corrected chi connectivity index (χ1v) is 10.1. The van der Waals surface area contributed by atoms with Gasteiger partial charge in [0.1, 0.15) is 5.82 Å². The van der Waals surface area contributed by atoms with E-state index in [1.165, 1.54) is 0 Å². The summed E-state index contributed by atoms with van der Waals surface area (Å²) >= 11 is 6.10. The summed E-state index contributed by atoms with van der Waals surface area (Å²) in [6, 6.07) is 8.29. The molecule has 0 spiro atoms. The number of nitrogens with one attached hydrogen (secondary N) is 2. The molecule has 9 nitrogen and oxygen atoms in total. The van der Waals surface area contributed by atoms with E-state index in [-0.39, 0.29) is 23.8 Å². The molecule has 31 heavy (non-hydrogen) atoms. The summed E-state index contributed by atoms with van der Waals surface area (Å²) in [6.45, 7) is 0.905. The molecule has 1 aliphatic rings. The lowest BCUT2D eigenvalue weighted by atomic mass is 10.1. The molecule has 0 unspecified atom stereocenters. The van der Waals surface area contributed by atoms with Gasteiger partial charge in [-0.3, -0.25) is 9.48 Å². The Balaban J connectivity index is 1.39. The number of anilines is 2. The van der Waals surface area contributed by atoms with E-state index in [1.54, 1.807) is 52.3 Å². The zero-order chi connectivity index (χ0) is 22.0. The Morgan fingerprint density at radius 3 is 2.77 bits per heavy atom. The highest BCUT2D eigenvalue weighted by Gasteiger charge is 2.28. The van der Waals surface area contributed by atoms with Crippen LogP contribution in [-0.2, 0) is 7.05 Å². The van der Waals surface area contributed by atoms with E-state index in [4.69, 9.17) is 17.3 Å². The van der Waals surface area contributed by atoms with E-state index in [0.717, 1.165) is 11.1 Å². The van der Waals surface area contributed by atoms with Gasteiger partial charge in [-0.05, 0) is 24.6 Å². The molecule has 2 aromatic heterocycles. The quantitative estimate of drug-likeness (QED) is 0.577. The summed E-state index contributed by atoms with van der Waals surface area (Å²) in [5, 5.41) is 10.4. The van der Waals surface area contributed by atoms with Crippen molar-refractivity contribution in [2.45, 2.75) is 12.5 Å². The second-order valence-corrected chi connectivity index (χ2v) is 7.78. The Hall–Kier alpha value is -3.59. The fourth-order valence-corrected chi connectivity index (χ4v) is 3.65. The molecular formula is C21H22ClN7O2. The molecule has 1 atom stereocenters. The molecule has 1 aromatic carbocycles. The predicted molar refractivity (Wildman–Crippen MR) is 119 cm³/mol. The highest BCUT2D eigenvalue weighted by molar-refractivity contribution is 6.33. The van der Waals surface area contributed by atoms with E-state index in [2.05, 4.69) is 20.7 Å². The number of aryl methyl sites for hydroxylation is 1. The largest absolute Gasteiger partial charge is 0.383 e. The SMILES string of the molecule is Cn1cc(-c2cnc(N)c(C(=O)N[C@@H]3CCN(C(=O)Nc4ccccc4Cl)C3)c2)cn1. The van der Waals surface area contributed by atoms with Gasteiger partial charge < -0.3 is 21.3 Å². The number of para-hydroxylation sites is 1. The second-order valence-electron chi connectivity index (χ2n) is 7.37. The van der Waals surface area contributed by atoms with Crippen LogP contribution in [0.5, 0.6) is 0 Å². The molecule has 160 valence electrons. The molecule has 1 fully saturated rings. The molecule has 0 saturated carbocycles. The highest BCUT2D eigenvalue weighted by Crippen LogP contribution is 2.23. The maximum absolute atomic E-state index is 12.8. The number of carbonyl (C=O) groups excluding carboxylic acids is 2. The number of halogens is 1. The van der Waals surface area contributed by atoms with Gasteiger partial charge in [-0.1, -0.05) is 23.7 Å². The molecule has 0 radical (unpaired) electrons. The molecule has 10 heteroatoms. The molecule has 0 aliphatic carbocycles. The summed E-state index contributed by atoms with van der Waals surface area (Å²) in [6.07, 6.45) is 5.78. The Kier molecular flexibility index (Phi) is 5.77. The zero-order valence-electron chi connectivity index (χ0n) is 16.9. The molecule has 4 N–H and O–H groups in total. The van der Waals surface area contributed by atoms with Crippen LogP contribution in [0.2, 0.25) is 5.02 Å². The van der Waals surface area contributed by atoms with Crippen molar-refractivity contribution in [3.05, 3.63) is 59.5 Å². The number of nitrogens with two attached hydrogens (primary N) is 1. The van der Waals surface area contributed by atoms with Crippen molar-refractivity contribution < 1.29 is 9.59 Å². The first kappa shape index (κ1) is 20.7. The molecule has 3 amide bonds. The fourth-order valence-electron chi connectivity index (χ4n) is 3.47. The number of carbonyl (C=O) groups is 2. The first-order chi connectivity index (χ1) is 14.9. The summed E-state index contributed by atoms with van der Waals surface area (Å²) in [4.78, 5) is 31.2. The van der Waals surface area contributed by atoms with Gasteiger partial charge >= 0.3 is 6.03 Å². The smallest absolute Gasteiger partial charge is 0.321 e. The van der Waals surface area contributed by atoms with Gasteiger partial charge in [-0.15, -0.1) is 0 Å². The van der Waals surface area contributed by atoms with Crippen LogP contribution in [0.1, 0.15) is 16.8 Å². The third-order valence-electron chi connectivity index (χ3n) is 5.13. The average Bonchev–Trinajstić information content (AvgIpc) is 3.39. The summed E-state index contributed by atoms with van der Waals surface area (Å²) < 4.78 is 1.67. The minimum absolute atomic E-state index is 0.149. The molecule has 0 bridgehead atoms. The number of likely N-dealkylation sites (tertiary alicyclic amines) is 1. The van der Waals surface area contributed by atoms with Crippen molar-refractivity contribution >= 4 is 35.0 Å². The summed E-state index contributed by atoms with van der Waals surface area (Å²) in [5.74, 6) is -0.175. The van der Waals surface area contributed by atoms with E-state index in [9.17, 15) is 9.59 Å². The van der Waals surface area contributed by atoms with Gasteiger partial charge in [0, 0.05) is 49.7 Å². The number of benzene rings is 1. The zero-order valence-corrected chi connectivity index (χ0v) is 17.6. The lowest BCUT2D eigenvalue weighted by molar-refractivity contribution is 0.0938. The van der Waals surface area contributed by atoms with Crippen LogP contribution in [0.3, 0.4) is 0 Å². The van der Waals surface area contributed by atoms with Crippen LogP contribution in [0.4, 0.5) is 16.3 Å². The lowest BCUT2D eigenvalue weighted by Crippen LogP contribution is -2.40. The molecule has 1 aliphatic heterocycles. The standard InChI is InChI=1S/C21H22ClN7O2/c1-28-11-14(10-25-28)13-8-16(19(23)24-9-13)20(30)26-15-6-7-29(12-15)21(31)27-18-5-3-2-4-17(18)22/h2-5,8-11,15H,6-7,12H2,1H3,(H2,23,24)(H,26,30)(H,27,31)/t15-/m1/s1. The molecule has 1 saturated heterocycles. The van der Waals surface area contributed by atoms with Gasteiger partial charge in [0.15, 0.2) is 0 Å². The summed E-state index contributed by atoms with van der Waals surface area (Å²) in [5.41, 5.74) is 8.37. The number of urea groups is 1. The van der Waals surface area contributed by atoms with Crippen molar-refractivity contribution in [2.24, 2.45) is 7.05 Å². The number of rotatable bonds is 4. The predicted octanol–water partition coefficient (Wildman–Crippen LogP) is 2.75. The van der Waals surface area contributed by atoms with E-state index < -0.39 is 0 Å². The Morgan fingerprint density at radius 2 is 2.03 bits per heavy atom. The van der Waals surface area contributed by atoms with Crippen molar-refractivity contribution in [1.82, 2.24) is 25.0 Å². The Labute approximate surface area is 184 Å². The van der Waals surface area contributed by atoms with Gasteiger partial charge in [0.25, 0.3) is 5.91 Å². The Bertz CT molecular complexity index is 1130. The Morgan fingerprint density at radius 1 is 1.23 bits per heavy atom. The number of aromatic nitrogens is 3. The third-order valence-corrected chi connectivity index (χ3v) is 5.46. The number of nitrogen functional groups attached to an aromatic ring is 1. The monoisotopic (exact) mass is 439 g/mol. The van der Waals surface area contributed by atoms with Gasteiger partial charge in [-0.25, -0.2) is 9.78 Å². The maximum Gasteiger partial charge on any atom is 0.321 e. The number of amides is 3. The minimum atomic E-state index is -0.325. The van der Waals surface area contributed by atoms with Crippen LogP contribution in [0.15, 0.2) is 48.9 Å². The van der Waals surface area contributed by atoms with Crippen molar-refractivity contribution in [2.75, 3.05) is 24.1 Å². The molecule has 4 rings (SSSR count). The number of nitrogens with zero attached hydrogens (tertiary/aromatic N) is 4. The fraction of sp³-hybridized carbons (Fsp3) is 0.238. The van der Waals surface area contributed by atoms with Crippen LogP contribution in [0, 0.1) is 0 Å². The van der Waals surface area contributed by atoms with Crippen molar-refractivity contribution in [3.63, 3.8) is 0 Å². The number of hydrogen-bond acceptors (Lipinski definition) is 5. The van der Waals surface area contributed by atoms with E-state index >= 15 is 0 Å². The van der Waals surface area contributed by atoms with Crippen LogP contribution in [-0.4, -0.2) is 50.7 Å². The van der Waals surface area contributed by atoms with E-state index in [1.807, 2.05) is 13.2 Å². The van der Waals surface area contributed by atoms with Crippen molar-refractivity contribution in [3.8, 4) is 11.1 Å². The van der Waals surface area contributed by atoms with Crippen LogP contribution in [0.25, 0.3) is 11.1 Å². The van der Waals surface area contributed by atoms with E-state index in [0.29, 0.717) is 35.8 Å². The van der Waals surface area contributed by atoms with Crippen LogP contribution >= 0.6 is 11.6 Å². The van der Waals surface area contributed by atoms with Gasteiger partial charge in [-0.2, -0.15) is 5.10 Å². The lowest BCUT2D eigenvalue weighted by Gasteiger charge is -2.18. The minimum Gasteiger partial charge on any atom is -0.383 e. The number of hydrogen-bond donors (Lipinski definition) is 3. The average molecular weight is 440 g/mol. The normalized spacial score (nSPS) is 15.7. The molecule has 3 heterocycles. The van der Waals surface area contributed by atoms with Crippen LogP contribution < -0.4 is 16.4 Å². The van der Waals surface area contributed by atoms with Crippen molar-refractivity contribution in [1.29, 1.82) is 0 Å². The topological polar surface area (TPSA) is 118 Å². The van der Waals surface area contributed by atoms with Gasteiger partial charge in [0.05, 0.1) is 22.5 Å². The molecular weight excluding hydrogens is 418 g/mol. The van der Waals surface area contributed by atoms with Gasteiger partial charge in [0.2, 0.25) is 0 Å². The first-order valence-electron chi connectivity index (χ1n) is 9.76. The number of pyridine rings is 1. The highest BCUT2D eigenvalue weighted by atomic mass is 35.5. The summed E-state index contributed by atoms with van der Waals surface area (Å²) in [7, 11) is 1.82. The third kappa shape index (κ3) is 4.61.